The summed E-state index contributed by atoms with van der Waals surface area (Å²) in [6.45, 7) is 2.38. The molecule has 36 heavy (non-hydrogen) atoms. The van der Waals surface area contributed by atoms with E-state index in [0.717, 1.165) is 47.9 Å². The first-order valence-electron chi connectivity index (χ1n) is 12.5. The Labute approximate surface area is 223 Å². The first kappa shape index (κ1) is 26.2. The molecule has 1 saturated carbocycles. The molecule has 4 nitrogen and oxygen atoms in total. The highest BCUT2D eigenvalue weighted by molar-refractivity contribution is 6.42. The molecule has 4 rings (SSSR count). The van der Waals surface area contributed by atoms with Gasteiger partial charge in [-0.1, -0.05) is 102 Å². The lowest BCUT2D eigenvalue weighted by atomic mass is 10.0. The van der Waals surface area contributed by atoms with Crippen LogP contribution in [0.2, 0.25) is 10.0 Å². The van der Waals surface area contributed by atoms with Crippen molar-refractivity contribution >= 4 is 35.0 Å². The number of aryl methyl sites for hydroxylation is 1. The van der Waals surface area contributed by atoms with E-state index >= 15 is 0 Å². The van der Waals surface area contributed by atoms with Crippen LogP contribution in [0.25, 0.3) is 0 Å². The summed E-state index contributed by atoms with van der Waals surface area (Å²) >= 11 is 12.3. The molecule has 0 aromatic heterocycles. The van der Waals surface area contributed by atoms with Crippen molar-refractivity contribution in [3.63, 3.8) is 0 Å². The summed E-state index contributed by atoms with van der Waals surface area (Å²) in [5.41, 5.74) is 3.90. The molecular weight excluding hydrogens is 491 g/mol. The maximum atomic E-state index is 13.8. The second kappa shape index (κ2) is 12.4. The molecule has 1 N–H and O–H groups in total. The average molecular weight is 524 g/mol. The second-order valence-electron chi connectivity index (χ2n) is 9.63. The number of carbonyl (C=O) groups is 2. The molecule has 0 radical (unpaired) electrons. The molecule has 0 bridgehead atoms. The fourth-order valence-corrected chi connectivity index (χ4v) is 5.06. The van der Waals surface area contributed by atoms with E-state index in [0.29, 0.717) is 23.0 Å². The summed E-state index contributed by atoms with van der Waals surface area (Å²) in [6.07, 6.45) is 4.79. The third-order valence-electron chi connectivity index (χ3n) is 6.79. The molecule has 3 aromatic carbocycles. The number of rotatable bonds is 9. The highest BCUT2D eigenvalue weighted by atomic mass is 35.5. The molecule has 0 spiro atoms. The van der Waals surface area contributed by atoms with Crippen LogP contribution >= 0.6 is 23.2 Å². The Hall–Kier alpha value is -2.82. The van der Waals surface area contributed by atoms with E-state index in [1.807, 2.05) is 61.5 Å². The topological polar surface area (TPSA) is 49.4 Å². The zero-order chi connectivity index (χ0) is 25.5. The minimum absolute atomic E-state index is 0.0969. The number of carbonyl (C=O) groups excluding carboxylic acids is 2. The van der Waals surface area contributed by atoms with Gasteiger partial charge >= 0.3 is 0 Å². The van der Waals surface area contributed by atoms with Crippen molar-refractivity contribution in [1.29, 1.82) is 0 Å². The number of amides is 2. The van der Waals surface area contributed by atoms with Gasteiger partial charge in [-0.2, -0.15) is 0 Å². The molecule has 1 aliphatic carbocycles. The fraction of sp³-hybridized carbons (Fsp3) is 0.333. The van der Waals surface area contributed by atoms with Crippen LogP contribution in [0.4, 0.5) is 0 Å². The zero-order valence-electron chi connectivity index (χ0n) is 20.6. The summed E-state index contributed by atoms with van der Waals surface area (Å²) < 4.78 is 0. The van der Waals surface area contributed by atoms with Gasteiger partial charge in [0.15, 0.2) is 0 Å². The Morgan fingerprint density at radius 2 is 1.56 bits per heavy atom. The van der Waals surface area contributed by atoms with Gasteiger partial charge in [0.2, 0.25) is 11.8 Å². The van der Waals surface area contributed by atoms with Crippen molar-refractivity contribution in [3.05, 3.63) is 105 Å². The summed E-state index contributed by atoms with van der Waals surface area (Å²) in [7, 11) is 0. The minimum atomic E-state index is -0.635. The van der Waals surface area contributed by atoms with Gasteiger partial charge < -0.3 is 10.2 Å². The Bertz CT molecular complexity index is 1180. The number of halogens is 2. The van der Waals surface area contributed by atoms with E-state index in [-0.39, 0.29) is 24.3 Å². The molecule has 188 valence electrons. The zero-order valence-corrected chi connectivity index (χ0v) is 22.1. The lowest BCUT2D eigenvalue weighted by Gasteiger charge is -2.32. The fourth-order valence-electron chi connectivity index (χ4n) is 4.74. The first-order valence-corrected chi connectivity index (χ1v) is 13.3. The van der Waals surface area contributed by atoms with Crippen molar-refractivity contribution in [2.45, 2.75) is 64.1 Å². The monoisotopic (exact) mass is 522 g/mol. The van der Waals surface area contributed by atoms with Crippen LogP contribution < -0.4 is 5.32 Å². The second-order valence-corrected chi connectivity index (χ2v) is 10.4. The number of benzene rings is 3. The predicted molar refractivity (Wildman–Crippen MR) is 146 cm³/mol. The minimum Gasteiger partial charge on any atom is -0.352 e. The van der Waals surface area contributed by atoms with Gasteiger partial charge in [-0.25, -0.2) is 0 Å². The van der Waals surface area contributed by atoms with E-state index < -0.39 is 6.04 Å². The predicted octanol–water partition coefficient (Wildman–Crippen LogP) is 6.54. The SMILES string of the molecule is Cc1ccc(CN(C(=O)Cc2ccc(Cl)c(Cl)c2)[C@@H](Cc2ccccc2)C(=O)NC2CCCC2)cc1. The number of hydrogen-bond acceptors (Lipinski definition) is 2. The Morgan fingerprint density at radius 3 is 2.22 bits per heavy atom. The van der Waals surface area contributed by atoms with Gasteiger partial charge in [0.25, 0.3) is 0 Å². The molecular formula is C30H32Cl2N2O2. The van der Waals surface area contributed by atoms with Crippen LogP contribution in [0, 0.1) is 6.92 Å². The lowest BCUT2D eigenvalue weighted by molar-refractivity contribution is -0.141. The van der Waals surface area contributed by atoms with E-state index in [2.05, 4.69) is 5.32 Å². The van der Waals surface area contributed by atoms with Gasteiger partial charge in [-0.3, -0.25) is 9.59 Å². The maximum Gasteiger partial charge on any atom is 0.243 e. The van der Waals surface area contributed by atoms with Crippen LogP contribution in [0.1, 0.15) is 47.9 Å². The molecule has 1 fully saturated rings. The molecule has 0 saturated heterocycles. The Kier molecular flexibility index (Phi) is 9.06. The van der Waals surface area contributed by atoms with Crippen molar-refractivity contribution < 1.29 is 9.59 Å². The van der Waals surface area contributed by atoms with E-state index in [4.69, 9.17) is 23.2 Å². The van der Waals surface area contributed by atoms with Crippen molar-refractivity contribution in [2.75, 3.05) is 0 Å². The molecule has 0 heterocycles. The largest absolute Gasteiger partial charge is 0.352 e. The van der Waals surface area contributed by atoms with Crippen LogP contribution in [-0.4, -0.2) is 28.8 Å². The van der Waals surface area contributed by atoms with E-state index in [1.54, 1.807) is 23.1 Å². The molecule has 6 heteroatoms. The normalized spacial score (nSPS) is 14.4. The summed E-state index contributed by atoms with van der Waals surface area (Å²) in [5.74, 6) is -0.225. The number of nitrogens with zero attached hydrogens (tertiary/aromatic N) is 1. The quantitative estimate of drug-likeness (QED) is 0.346. The smallest absolute Gasteiger partial charge is 0.243 e. The molecule has 3 aromatic rings. The standard InChI is InChI=1S/C30H32Cl2N2O2/c1-21-11-13-23(14-12-21)20-34(29(35)19-24-15-16-26(31)27(32)17-24)28(18-22-7-3-2-4-8-22)30(36)33-25-9-5-6-10-25/h2-4,7-8,11-17,25,28H,5-6,9-10,18-20H2,1H3,(H,33,36)/t28-/m0/s1. The molecule has 2 amide bonds. The summed E-state index contributed by atoms with van der Waals surface area (Å²) in [4.78, 5) is 29.3. The van der Waals surface area contributed by atoms with Crippen molar-refractivity contribution in [3.8, 4) is 0 Å². The van der Waals surface area contributed by atoms with Crippen LogP contribution in [-0.2, 0) is 29.0 Å². The summed E-state index contributed by atoms with van der Waals surface area (Å²) in [6, 6.07) is 22.7. The highest BCUT2D eigenvalue weighted by Crippen LogP contribution is 2.24. The number of nitrogens with one attached hydrogen (secondary N) is 1. The summed E-state index contributed by atoms with van der Waals surface area (Å²) in [5, 5.41) is 4.09. The average Bonchev–Trinajstić information content (AvgIpc) is 3.38. The van der Waals surface area contributed by atoms with E-state index in [1.165, 1.54) is 0 Å². The lowest BCUT2D eigenvalue weighted by Crippen LogP contribution is -2.52. The third kappa shape index (κ3) is 7.11. The van der Waals surface area contributed by atoms with Gasteiger partial charge in [0.05, 0.1) is 16.5 Å². The molecule has 0 unspecified atom stereocenters. The van der Waals surface area contributed by atoms with Crippen LogP contribution in [0.3, 0.4) is 0 Å². The number of hydrogen-bond donors (Lipinski definition) is 1. The maximum absolute atomic E-state index is 13.8. The van der Waals surface area contributed by atoms with E-state index in [9.17, 15) is 9.59 Å². The van der Waals surface area contributed by atoms with Gasteiger partial charge in [-0.15, -0.1) is 0 Å². The van der Waals surface area contributed by atoms with Gasteiger partial charge in [-0.05, 0) is 48.6 Å². The van der Waals surface area contributed by atoms with Crippen LogP contribution in [0.15, 0.2) is 72.8 Å². The first-order chi connectivity index (χ1) is 17.4. The van der Waals surface area contributed by atoms with Crippen molar-refractivity contribution in [2.24, 2.45) is 0 Å². The molecule has 0 aliphatic heterocycles. The Balaban J connectivity index is 1.66. The molecule has 1 aliphatic rings. The highest BCUT2D eigenvalue weighted by Gasteiger charge is 2.32. The van der Waals surface area contributed by atoms with Gasteiger partial charge in [0.1, 0.15) is 6.04 Å². The van der Waals surface area contributed by atoms with Crippen molar-refractivity contribution in [1.82, 2.24) is 10.2 Å². The Morgan fingerprint density at radius 1 is 0.889 bits per heavy atom. The van der Waals surface area contributed by atoms with Crippen LogP contribution in [0.5, 0.6) is 0 Å². The molecule has 1 atom stereocenters. The third-order valence-corrected chi connectivity index (χ3v) is 7.52. The van der Waals surface area contributed by atoms with Gasteiger partial charge in [0, 0.05) is 19.0 Å².